The highest BCUT2D eigenvalue weighted by Crippen LogP contribution is 2.44. The molecule has 0 aromatic heterocycles. The molecule has 0 spiro atoms. The lowest BCUT2D eigenvalue weighted by Gasteiger charge is -2.26. The molecule has 182 valence electrons. The topological polar surface area (TPSA) is 105 Å². The summed E-state index contributed by atoms with van der Waals surface area (Å²) < 4.78 is 43.6. The van der Waals surface area contributed by atoms with Crippen molar-refractivity contribution in [3.63, 3.8) is 0 Å². The lowest BCUT2D eigenvalue weighted by atomic mass is 9.98. The number of carbonyl (C=O) groups is 3. The summed E-state index contributed by atoms with van der Waals surface area (Å²) in [5.74, 6) is -3.42. The Morgan fingerprint density at radius 2 is 1.53 bits per heavy atom. The first-order valence-corrected chi connectivity index (χ1v) is 10.6. The molecular formula is C24H25F3N2O5. The standard InChI is InChI=1S/C24H25F3N2O5/c1-23(2,12-11-19(30)28-20(21(31)32)24(25,26)27)29-22(33)34-13-18-16-9-5-3-7-14(16)15-8-4-6-10-17(15)18/h3-10,18,20H,11-13H2,1-2H3,(H,28,30)(H,29,33)(H,31,32). The summed E-state index contributed by atoms with van der Waals surface area (Å²) >= 11 is 0. The Morgan fingerprint density at radius 3 is 2.03 bits per heavy atom. The van der Waals surface area contributed by atoms with Gasteiger partial charge < -0.3 is 20.5 Å². The van der Waals surface area contributed by atoms with Gasteiger partial charge in [0.1, 0.15) is 6.61 Å². The van der Waals surface area contributed by atoms with Crippen LogP contribution in [0.1, 0.15) is 43.7 Å². The minimum absolute atomic E-state index is 0.0345. The van der Waals surface area contributed by atoms with Crippen LogP contribution in [0, 0.1) is 0 Å². The first kappa shape index (κ1) is 25.1. The van der Waals surface area contributed by atoms with Crippen molar-refractivity contribution in [2.24, 2.45) is 0 Å². The van der Waals surface area contributed by atoms with E-state index in [9.17, 15) is 27.6 Å². The number of carboxylic acid groups (broad SMARTS) is 1. The average Bonchev–Trinajstić information content (AvgIpc) is 3.07. The molecule has 0 bridgehead atoms. The van der Waals surface area contributed by atoms with Crippen molar-refractivity contribution in [2.75, 3.05) is 6.61 Å². The van der Waals surface area contributed by atoms with E-state index in [4.69, 9.17) is 9.84 Å². The SMILES string of the molecule is CC(C)(CCC(=O)NC(C(=O)O)C(F)(F)F)NC(=O)OCC1c2ccccc2-c2ccccc21. The second kappa shape index (κ2) is 9.74. The average molecular weight is 478 g/mol. The van der Waals surface area contributed by atoms with Gasteiger partial charge in [0, 0.05) is 17.9 Å². The van der Waals surface area contributed by atoms with Crippen molar-refractivity contribution >= 4 is 18.0 Å². The molecule has 10 heteroatoms. The summed E-state index contributed by atoms with van der Waals surface area (Å²) in [5.41, 5.74) is 3.26. The van der Waals surface area contributed by atoms with E-state index >= 15 is 0 Å². The third kappa shape index (κ3) is 5.86. The van der Waals surface area contributed by atoms with Crippen LogP contribution in [0.4, 0.5) is 18.0 Å². The molecule has 0 saturated heterocycles. The highest BCUT2D eigenvalue weighted by atomic mass is 19.4. The van der Waals surface area contributed by atoms with Gasteiger partial charge in [-0.1, -0.05) is 48.5 Å². The number of hydrogen-bond donors (Lipinski definition) is 3. The Labute approximate surface area is 194 Å². The zero-order chi connectivity index (χ0) is 25.1. The largest absolute Gasteiger partial charge is 0.479 e. The number of fused-ring (bicyclic) bond motifs is 3. The third-order valence-corrected chi connectivity index (χ3v) is 5.64. The van der Waals surface area contributed by atoms with Crippen molar-refractivity contribution < 1.29 is 37.4 Å². The minimum Gasteiger partial charge on any atom is -0.479 e. The molecular weight excluding hydrogens is 453 g/mol. The molecule has 0 fully saturated rings. The zero-order valence-electron chi connectivity index (χ0n) is 18.6. The highest BCUT2D eigenvalue weighted by molar-refractivity contribution is 5.84. The van der Waals surface area contributed by atoms with E-state index in [2.05, 4.69) is 5.32 Å². The zero-order valence-corrected chi connectivity index (χ0v) is 18.6. The first-order chi connectivity index (χ1) is 15.9. The van der Waals surface area contributed by atoms with Crippen molar-refractivity contribution in [3.8, 4) is 11.1 Å². The number of carbonyl (C=O) groups excluding carboxylic acids is 2. The fourth-order valence-corrected chi connectivity index (χ4v) is 3.92. The molecule has 2 amide bonds. The molecule has 0 saturated carbocycles. The number of alkyl halides is 3. The fourth-order valence-electron chi connectivity index (χ4n) is 3.92. The van der Waals surface area contributed by atoms with Crippen LogP contribution in [0.2, 0.25) is 0 Å². The lowest BCUT2D eigenvalue weighted by Crippen LogP contribution is -2.51. The smallest absolute Gasteiger partial charge is 0.419 e. The van der Waals surface area contributed by atoms with Gasteiger partial charge in [-0.3, -0.25) is 4.79 Å². The molecule has 1 unspecified atom stereocenters. The van der Waals surface area contributed by atoms with Gasteiger partial charge >= 0.3 is 18.2 Å². The van der Waals surface area contributed by atoms with E-state index < -0.39 is 42.1 Å². The molecule has 2 aromatic carbocycles. The Kier molecular flexibility index (Phi) is 7.18. The van der Waals surface area contributed by atoms with E-state index in [0.717, 1.165) is 22.3 Å². The van der Waals surface area contributed by atoms with Gasteiger partial charge in [-0.05, 0) is 42.5 Å². The molecule has 7 nitrogen and oxygen atoms in total. The number of rotatable bonds is 8. The van der Waals surface area contributed by atoms with Crippen LogP contribution >= 0.6 is 0 Å². The maximum Gasteiger partial charge on any atom is 0.419 e. The summed E-state index contributed by atoms with van der Waals surface area (Å²) in [6.45, 7) is 3.25. The Bertz CT molecular complexity index is 1040. The van der Waals surface area contributed by atoms with Crippen molar-refractivity contribution in [1.29, 1.82) is 0 Å². The maximum absolute atomic E-state index is 12.7. The van der Waals surface area contributed by atoms with Gasteiger partial charge in [-0.25, -0.2) is 9.59 Å². The van der Waals surface area contributed by atoms with Gasteiger partial charge in [-0.2, -0.15) is 13.2 Å². The van der Waals surface area contributed by atoms with E-state index in [-0.39, 0.29) is 18.9 Å². The summed E-state index contributed by atoms with van der Waals surface area (Å²) in [6, 6.07) is 12.7. The number of benzene rings is 2. The Morgan fingerprint density at radius 1 is 1.00 bits per heavy atom. The quantitative estimate of drug-likeness (QED) is 0.527. The Hall–Kier alpha value is -3.56. The third-order valence-electron chi connectivity index (χ3n) is 5.64. The second-order valence-electron chi connectivity index (χ2n) is 8.71. The summed E-state index contributed by atoms with van der Waals surface area (Å²) in [7, 11) is 0. The highest BCUT2D eigenvalue weighted by Gasteiger charge is 2.46. The van der Waals surface area contributed by atoms with Crippen molar-refractivity contribution in [3.05, 3.63) is 59.7 Å². The molecule has 2 aromatic rings. The van der Waals surface area contributed by atoms with Crippen molar-refractivity contribution in [1.82, 2.24) is 10.6 Å². The number of amides is 2. The summed E-state index contributed by atoms with van der Waals surface area (Å²) in [5, 5.41) is 12.7. The lowest BCUT2D eigenvalue weighted by molar-refractivity contribution is -0.182. The normalized spacial score (nSPS) is 14.0. The number of alkyl carbamates (subject to hydrolysis) is 1. The summed E-state index contributed by atoms with van der Waals surface area (Å²) in [4.78, 5) is 35.0. The van der Waals surface area contributed by atoms with E-state index in [1.807, 2.05) is 48.5 Å². The van der Waals surface area contributed by atoms with Gasteiger partial charge in [-0.15, -0.1) is 0 Å². The Balaban J connectivity index is 1.54. The molecule has 0 radical (unpaired) electrons. The number of aliphatic carboxylic acids is 1. The van der Waals surface area contributed by atoms with Crippen LogP contribution in [-0.4, -0.2) is 47.4 Å². The van der Waals surface area contributed by atoms with Crippen LogP contribution in [0.3, 0.4) is 0 Å². The molecule has 0 heterocycles. The predicted molar refractivity (Wildman–Crippen MR) is 117 cm³/mol. The van der Waals surface area contributed by atoms with Gasteiger partial charge in [0.25, 0.3) is 0 Å². The number of halogens is 3. The molecule has 3 rings (SSSR count). The fraction of sp³-hybridized carbons (Fsp3) is 0.375. The van der Waals surface area contributed by atoms with Crippen LogP contribution in [0.15, 0.2) is 48.5 Å². The van der Waals surface area contributed by atoms with Crippen LogP contribution in [-0.2, 0) is 14.3 Å². The van der Waals surface area contributed by atoms with E-state index in [0.29, 0.717) is 0 Å². The molecule has 0 aliphatic heterocycles. The maximum atomic E-state index is 12.7. The van der Waals surface area contributed by atoms with Gasteiger partial charge in [0.05, 0.1) is 0 Å². The van der Waals surface area contributed by atoms with Gasteiger partial charge in [0.2, 0.25) is 11.9 Å². The monoisotopic (exact) mass is 478 g/mol. The molecule has 3 N–H and O–H groups in total. The number of carboxylic acids is 1. The molecule has 1 aliphatic carbocycles. The number of ether oxygens (including phenoxy) is 1. The number of hydrogen-bond acceptors (Lipinski definition) is 4. The van der Waals surface area contributed by atoms with Crippen LogP contribution < -0.4 is 10.6 Å². The molecule has 1 atom stereocenters. The van der Waals surface area contributed by atoms with E-state index in [1.165, 1.54) is 5.32 Å². The minimum atomic E-state index is -5.11. The predicted octanol–water partition coefficient (Wildman–Crippen LogP) is 4.22. The molecule has 34 heavy (non-hydrogen) atoms. The van der Waals surface area contributed by atoms with Crippen LogP contribution in [0.5, 0.6) is 0 Å². The van der Waals surface area contributed by atoms with Crippen molar-refractivity contribution in [2.45, 2.75) is 50.4 Å². The first-order valence-electron chi connectivity index (χ1n) is 10.6. The summed E-state index contributed by atoms with van der Waals surface area (Å²) in [6.07, 6.45) is -6.30. The second-order valence-corrected chi connectivity index (χ2v) is 8.71. The van der Waals surface area contributed by atoms with E-state index in [1.54, 1.807) is 13.8 Å². The van der Waals surface area contributed by atoms with Gasteiger partial charge in [0.15, 0.2) is 0 Å². The number of nitrogens with one attached hydrogen (secondary N) is 2. The van der Waals surface area contributed by atoms with Crippen LogP contribution in [0.25, 0.3) is 11.1 Å². The molecule has 1 aliphatic rings.